The zero-order valence-corrected chi connectivity index (χ0v) is 16.8. The van der Waals surface area contributed by atoms with Gasteiger partial charge in [-0.15, -0.1) is 0 Å². The van der Waals surface area contributed by atoms with E-state index in [0.717, 1.165) is 50.3 Å². The van der Waals surface area contributed by atoms with Crippen molar-refractivity contribution in [3.63, 3.8) is 0 Å². The van der Waals surface area contributed by atoms with E-state index in [1.807, 2.05) is 28.9 Å². The average molecular weight is 396 g/mol. The number of aromatic nitrogens is 2. The Morgan fingerprint density at radius 2 is 2.03 bits per heavy atom. The van der Waals surface area contributed by atoms with Gasteiger partial charge in [-0.3, -0.25) is 14.5 Å². The van der Waals surface area contributed by atoms with Gasteiger partial charge in [-0.1, -0.05) is 18.2 Å². The Kier molecular flexibility index (Phi) is 6.06. The van der Waals surface area contributed by atoms with Gasteiger partial charge >= 0.3 is 0 Å². The largest absolute Gasteiger partial charge is 0.381 e. The van der Waals surface area contributed by atoms with Crippen molar-refractivity contribution < 1.29 is 14.3 Å². The van der Waals surface area contributed by atoms with E-state index < -0.39 is 0 Å². The van der Waals surface area contributed by atoms with Crippen molar-refractivity contribution in [2.24, 2.45) is 5.92 Å². The first-order chi connectivity index (χ1) is 14.1. The highest BCUT2D eigenvalue weighted by atomic mass is 16.5. The molecule has 154 valence electrons. The number of carbonyl (C=O) groups is 2. The number of amides is 1. The van der Waals surface area contributed by atoms with Crippen molar-refractivity contribution in [2.75, 3.05) is 31.6 Å². The number of carbonyl (C=O) groups excluding carboxylic acids is 2. The molecule has 7 heteroatoms. The number of ether oxygens (including phenoxy) is 1. The first kappa shape index (κ1) is 19.8. The highest BCUT2D eigenvalue weighted by Crippen LogP contribution is 2.27. The lowest BCUT2D eigenvalue weighted by atomic mass is 10.0. The van der Waals surface area contributed by atoms with Gasteiger partial charge in [0.05, 0.1) is 24.8 Å². The Balaban J connectivity index is 1.33. The van der Waals surface area contributed by atoms with Gasteiger partial charge in [0, 0.05) is 37.9 Å². The van der Waals surface area contributed by atoms with Crippen LogP contribution in [0.15, 0.2) is 36.5 Å². The van der Waals surface area contributed by atoms with Crippen LogP contribution in [0.2, 0.25) is 0 Å². The van der Waals surface area contributed by atoms with Crippen molar-refractivity contribution in [1.82, 2.24) is 14.7 Å². The van der Waals surface area contributed by atoms with Crippen molar-refractivity contribution in [3.05, 3.63) is 47.7 Å². The van der Waals surface area contributed by atoms with Crippen molar-refractivity contribution >= 4 is 17.5 Å². The third kappa shape index (κ3) is 4.74. The van der Waals surface area contributed by atoms with E-state index in [4.69, 9.17) is 4.74 Å². The van der Waals surface area contributed by atoms with Gasteiger partial charge in [0.2, 0.25) is 5.91 Å². The predicted molar refractivity (Wildman–Crippen MR) is 110 cm³/mol. The molecule has 1 aromatic carbocycles. The van der Waals surface area contributed by atoms with E-state index in [9.17, 15) is 9.59 Å². The number of likely N-dealkylation sites (tertiary alicyclic amines) is 1. The first-order valence-corrected chi connectivity index (χ1v) is 10.3. The second-order valence-electron chi connectivity index (χ2n) is 7.97. The van der Waals surface area contributed by atoms with E-state index in [0.29, 0.717) is 13.2 Å². The number of hydrogen-bond acceptors (Lipinski definition) is 5. The molecule has 2 saturated heterocycles. The van der Waals surface area contributed by atoms with Crippen molar-refractivity contribution in [3.8, 4) is 0 Å². The molecule has 1 amide bonds. The van der Waals surface area contributed by atoms with Crippen LogP contribution in [0, 0.1) is 5.92 Å². The number of Topliss-reactive ketones (excluding diaryl/α,β-unsaturated/α-hetero) is 1. The lowest BCUT2D eigenvalue weighted by Crippen LogP contribution is -2.35. The molecule has 1 N–H and O–H groups in total. The molecule has 0 bridgehead atoms. The summed E-state index contributed by atoms with van der Waals surface area (Å²) in [6.07, 6.45) is 4.48. The molecule has 2 aromatic rings. The molecule has 1 aromatic heterocycles. The number of hydrogen-bond donors (Lipinski definition) is 1. The fraction of sp³-hybridized carbons (Fsp3) is 0.500. The number of nitrogens with zero attached hydrogens (tertiary/aromatic N) is 3. The second-order valence-corrected chi connectivity index (χ2v) is 7.97. The predicted octanol–water partition coefficient (Wildman–Crippen LogP) is 2.90. The average Bonchev–Trinajstić information content (AvgIpc) is 3.41. The van der Waals surface area contributed by atoms with Gasteiger partial charge in [-0.05, 0) is 37.8 Å². The number of nitrogens with one attached hydrogen (secondary N) is 1. The van der Waals surface area contributed by atoms with Crippen LogP contribution in [0.4, 0.5) is 5.82 Å². The smallest absolute Gasteiger partial charge is 0.231 e. The van der Waals surface area contributed by atoms with Crippen LogP contribution in [0.3, 0.4) is 0 Å². The Bertz CT molecular complexity index is 864. The van der Waals surface area contributed by atoms with Crippen LogP contribution < -0.4 is 5.32 Å². The van der Waals surface area contributed by atoms with Gasteiger partial charge in [-0.2, -0.15) is 5.10 Å². The summed E-state index contributed by atoms with van der Waals surface area (Å²) < 4.78 is 7.28. The van der Waals surface area contributed by atoms with Crippen molar-refractivity contribution in [1.29, 1.82) is 0 Å². The maximum atomic E-state index is 12.4. The summed E-state index contributed by atoms with van der Waals surface area (Å²) >= 11 is 0. The molecule has 3 heterocycles. The lowest BCUT2D eigenvalue weighted by molar-refractivity contribution is -0.119. The summed E-state index contributed by atoms with van der Waals surface area (Å²) in [5, 5.41) is 7.51. The Morgan fingerprint density at radius 1 is 1.21 bits per heavy atom. The second kappa shape index (κ2) is 8.88. The summed E-state index contributed by atoms with van der Waals surface area (Å²) in [5.74, 6) is 0.829. The zero-order valence-electron chi connectivity index (χ0n) is 16.8. The van der Waals surface area contributed by atoms with E-state index in [-0.39, 0.29) is 23.7 Å². The molecule has 0 spiro atoms. The SMILES string of the molecule is CC(=O)c1cccc(CN2CCC(n3nccc3NC(=O)[C@@H]3CCOC3)CC2)c1. The van der Waals surface area contributed by atoms with Crippen molar-refractivity contribution in [2.45, 2.75) is 38.8 Å². The van der Waals surface area contributed by atoms with E-state index in [1.165, 1.54) is 5.56 Å². The van der Waals surface area contributed by atoms with Gasteiger partial charge in [0.15, 0.2) is 5.78 Å². The quantitative estimate of drug-likeness (QED) is 0.760. The minimum atomic E-state index is -0.0639. The molecule has 2 fully saturated rings. The van der Waals surface area contributed by atoms with Crippen LogP contribution in [-0.4, -0.2) is 52.7 Å². The van der Waals surface area contributed by atoms with E-state index in [1.54, 1.807) is 13.1 Å². The number of benzene rings is 1. The molecule has 0 radical (unpaired) electrons. The Morgan fingerprint density at radius 3 is 2.76 bits per heavy atom. The molecule has 7 nitrogen and oxygen atoms in total. The minimum absolute atomic E-state index is 0.0204. The molecular weight excluding hydrogens is 368 g/mol. The fourth-order valence-electron chi connectivity index (χ4n) is 4.14. The van der Waals surface area contributed by atoms with Gasteiger partial charge < -0.3 is 10.1 Å². The third-order valence-corrected chi connectivity index (χ3v) is 5.86. The summed E-state index contributed by atoms with van der Waals surface area (Å²) in [5.41, 5.74) is 1.93. The summed E-state index contributed by atoms with van der Waals surface area (Å²) in [7, 11) is 0. The van der Waals surface area contributed by atoms with Crippen LogP contribution in [0.5, 0.6) is 0 Å². The molecule has 2 aliphatic rings. The molecule has 4 rings (SSSR count). The minimum Gasteiger partial charge on any atom is -0.381 e. The maximum absolute atomic E-state index is 12.4. The van der Waals surface area contributed by atoms with Gasteiger partial charge in [0.25, 0.3) is 0 Å². The zero-order chi connectivity index (χ0) is 20.2. The normalized spacial score (nSPS) is 20.7. The topological polar surface area (TPSA) is 76.5 Å². The number of rotatable bonds is 6. The lowest BCUT2D eigenvalue weighted by Gasteiger charge is -2.32. The standard InChI is InChI=1S/C22H28N4O3/c1-16(27)18-4-2-3-17(13-18)14-25-10-6-20(7-11-25)26-21(5-9-23-26)24-22(28)19-8-12-29-15-19/h2-5,9,13,19-20H,6-8,10-12,14-15H2,1H3,(H,24,28)/t19-/m1/s1. The number of ketones is 1. The van der Waals surface area contributed by atoms with Crippen LogP contribution in [0.1, 0.15) is 48.1 Å². The van der Waals surface area contributed by atoms with E-state index >= 15 is 0 Å². The molecule has 2 aliphatic heterocycles. The summed E-state index contributed by atoms with van der Waals surface area (Å²) in [6, 6.07) is 10.0. The van der Waals surface area contributed by atoms with Crippen LogP contribution in [-0.2, 0) is 16.1 Å². The van der Waals surface area contributed by atoms with Gasteiger partial charge in [-0.25, -0.2) is 4.68 Å². The molecular formula is C22H28N4O3. The fourth-order valence-corrected chi connectivity index (χ4v) is 4.14. The monoisotopic (exact) mass is 396 g/mol. The maximum Gasteiger partial charge on any atom is 0.231 e. The Labute approximate surface area is 171 Å². The van der Waals surface area contributed by atoms with Crippen LogP contribution >= 0.6 is 0 Å². The molecule has 0 saturated carbocycles. The highest BCUT2D eigenvalue weighted by molar-refractivity contribution is 5.94. The molecule has 29 heavy (non-hydrogen) atoms. The summed E-state index contributed by atoms with van der Waals surface area (Å²) in [6.45, 7) is 5.52. The van der Waals surface area contributed by atoms with Gasteiger partial charge in [0.1, 0.15) is 5.82 Å². The number of anilines is 1. The molecule has 0 unspecified atom stereocenters. The van der Waals surface area contributed by atoms with Crippen LogP contribution in [0.25, 0.3) is 0 Å². The number of piperidine rings is 1. The first-order valence-electron chi connectivity index (χ1n) is 10.3. The third-order valence-electron chi connectivity index (χ3n) is 5.86. The Hall–Kier alpha value is -2.51. The highest BCUT2D eigenvalue weighted by Gasteiger charge is 2.27. The summed E-state index contributed by atoms with van der Waals surface area (Å²) in [4.78, 5) is 26.4. The van der Waals surface area contributed by atoms with E-state index in [2.05, 4.69) is 21.4 Å². The molecule has 1 atom stereocenters. The molecule has 0 aliphatic carbocycles.